The SMILES string of the molecule is COCc1cccc(-c2nc[nH]c2-c2ccc3ncc(Br)cc3n2)c1. The number of nitrogens with one attached hydrogen (secondary N) is 1. The van der Waals surface area contributed by atoms with Gasteiger partial charge in [0.05, 0.1) is 41.0 Å². The molecule has 0 amide bonds. The molecule has 4 rings (SSSR count). The summed E-state index contributed by atoms with van der Waals surface area (Å²) >= 11 is 3.45. The van der Waals surface area contributed by atoms with Gasteiger partial charge in [-0.15, -0.1) is 0 Å². The molecule has 0 bridgehead atoms. The van der Waals surface area contributed by atoms with E-state index in [4.69, 9.17) is 9.72 Å². The molecule has 0 saturated carbocycles. The topological polar surface area (TPSA) is 63.7 Å². The van der Waals surface area contributed by atoms with E-state index in [0.717, 1.165) is 43.7 Å². The van der Waals surface area contributed by atoms with E-state index in [-0.39, 0.29) is 0 Å². The molecule has 3 heterocycles. The van der Waals surface area contributed by atoms with Crippen LogP contribution in [0, 0.1) is 0 Å². The molecular weight excluding hydrogens is 380 g/mol. The molecule has 0 atom stereocenters. The van der Waals surface area contributed by atoms with Crippen LogP contribution in [0.15, 0.2) is 59.5 Å². The van der Waals surface area contributed by atoms with Gasteiger partial charge in [-0.05, 0) is 45.8 Å². The molecule has 0 aliphatic heterocycles. The van der Waals surface area contributed by atoms with E-state index in [9.17, 15) is 0 Å². The summed E-state index contributed by atoms with van der Waals surface area (Å²) in [5.41, 5.74) is 6.41. The maximum absolute atomic E-state index is 5.22. The minimum absolute atomic E-state index is 0.571. The summed E-state index contributed by atoms with van der Waals surface area (Å²) in [4.78, 5) is 16.8. The van der Waals surface area contributed by atoms with Crippen molar-refractivity contribution in [3.63, 3.8) is 0 Å². The first-order valence-electron chi connectivity index (χ1n) is 7.79. The molecule has 1 N–H and O–H groups in total. The average Bonchev–Trinajstić information content (AvgIpc) is 3.11. The minimum atomic E-state index is 0.571. The van der Waals surface area contributed by atoms with Crippen molar-refractivity contribution in [3.8, 4) is 22.6 Å². The number of fused-ring (bicyclic) bond motifs is 1. The molecule has 6 heteroatoms. The van der Waals surface area contributed by atoms with Crippen LogP contribution in [0.4, 0.5) is 0 Å². The van der Waals surface area contributed by atoms with Gasteiger partial charge in [0, 0.05) is 23.3 Å². The number of pyridine rings is 2. The van der Waals surface area contributed by atoms with Crippen LogP contribution in [-0.4, -0.2) is 27.0 Å². The second kappa shape index (κ2) is 6.74. The molecule has 5 nitrogen and oxygen atoms in total. The smallest absolute Gasteiger partial charge is 0.0977 e. The summed E-state index contributed by atoms with van der Waals surface area (Å²) in [5, 5.41) is 0. The third-order valence-electron chi connectivity index (χ3n) is 3.91. The molecule has 4 aromatic rings. The number of hydrogen-bond donors (Lipinski definition) is 1. The molecule has 0 fully saturated rings. The fourth-order valence-corrected chi connectivity index (χ4v) is 3.12. The van der Waals surface area contributed by atoms with E-state index in [0.29, 0.717) is 6.61 Å². The van der Waals surface area contributed by atoms with Gasteiger partial charge in [-0.2, -0.15) is 0 Å². The molecule has 0 radical (unpaired) electrons. The van der Waals surface area contributed by atoms with Gasteiger partial charge in [0.1, 0.15) is 0 Å². The largest absolute Gasteiger partial charge is 0.380 e. The quantitative estimate of drug-likeness (QED) is 0.549. The van der Waals surface area contributed by atoms with E-state index >= 15 is 0 Å². The van der Waals surface area contributed by atoms with Crippen molar-refractivity contribution in [1.29, 1.82) is 0 Å². The lowest BCUT2D eigenvalue weighted by Gasteiger charge is -2.06. The molecule has 3 aromatic heterocycles. The fourth-order valence-electron chi connectivity index (χ4n) is 2.80. The van der Waals surface area contributed by atoms with Crippen LogP contribution in [0.3, 0.4) is 0 Å². The van der Waals surface area contributed by atoms with E-state index in [1.807, 2.05) is 36.4 Å². The number of H-pyrrole nitrogens is 1. The van der Waals surface area contributed by atoms with Crippen molar-refractivity contribution in [2.45, 2.75) is 6.61 Å². The number of imidazole rings is 1. The highest BCUT2D eigenvalue weighted by Gasteiger charge is 2.13. The lowest BCUT2D eigenvalue weighted by molar-refractivity contribution is 0.185. The van der Waals surface area contributed by atoms with Gasteiger partial charge in [-0.25, -0.2) is 9.97 Å². The van der Waals surface area contributed by atoms with Gasteiger partial charge in [0.15, 0.2) is 0 Å². The van der Waals surface area contributed by atoms with Crippen LogP contribution in [0.25, 0.3) is 33.7 Å². The number of aromatic amines is 1. The Labute approximate surface area is 153 Å². The summed E-state index contributed by atoms with van der Waals surface area (Å²) in [6.45, 7) is 0.571. The van der Waals surface area contributed by atoms with Gasteiger partial charge < -0.3 is 9.72 Å². The first-order chi connectivity index (χ1) is 12.2. The Morgan fingerprint density at radius 3 is 2.88 bits per heavy atom. The van der Waals surface area contributed by atoms with Crippen molar-refractivity contribution >= 4 is 27.0 Å². The Balaban J connectivity index is 1.80. The monoisotopic (exact) mass is 394 g/mol. The Kier molecular flexibility index (Phi) is 4.29. The molecular formula is C19H15BrN4O. The molecule has 0 unspecified atom stereocenters. The van der Waals surface area contributed by atoms with Crippen LogP contribution >= 0.6 is 15.9 Å². The second-order valence-corrected chi connectivity index (χ2v) is 6.56. The minimum Gasteiger partial charge on any atom is -0.380 e. The molecule has 25 heavy (non-hydrogen) atoms. The molecule has 124 valence electrons. The molecule has 1 aromatic carbocycles. The van der Waals surface area contributed by atoms with Crippen molar-refractivity contribution in [2.75, 3.05) is 7.11 Å². The van der Waals surface area contributed by atoms with E-state index < -0.39 is 0 Å². The van der Waals surface area contributed by atoms with Crippen molar-refractivity contribution in [2.24, 2.45) is 0 Å². The van der Waals surface area contributed by atoms with Crippen LogP contribution in [0.1, 0.15) is 5.56 Å². The van der Waals surface area contributed by atoms with Crippen molar-refractivity contribution in [3.05, 3.63) is 65.0 Å². The maximum atomic E-state index is 5.22. The Morgan fingerprint density at radius 2 is 2.00 bits per heavy atom. The standard InChI is InChI=1S/C19H15BrN4O/c1-25-10-12-3-2-4-13(7-12)18-19(23-11-22-18)16-6-5-15-17(24-16)8-14(20)9-21-15/h2-9,11H,10H2,1H3,(H,22,23). The van der Waals surface area contributed by atoms with Gasteiger partial charge in [-0.3, -0.25) is 4.98 Å². The zero-order chi connectivity index (χ0) is 17.2. The third-order valence-corrected chi connectivity index (χ3v) is 4.34. The number of ether oxygens (including phenoxy) is 1. The summed E-state index contributed by atoms with van der Waals surface area (Å²) in [5.74, 6) is 0. The molecule has 0 aliphatic rings. The number of halogens is 1. The summed E-state index contributed by atoms with van der Waals surface area (Å²) in [7, 11) is 1.69. The highest BCUT2D eigenvalue weighted by atomic mass is 79.9. The highest BCUT2D eigenvalue weighted by molar-refractivity contribution is 9.10. The summed E-state index contributed by atoms with van der Waals surface area (Å²) in [6.07, 6.45) is 3.46. The predicted molar refractivity (Wildman–Crippen MR) is 101 cm³/mol. The number of rotatable bonds is 4. The Bertz CT molecular complexity index is 1040. The number of aromatic nitrogens is 4. The second-order valence-electron chi connectivity index (χ2n) is 5.65. The molecule has 0 spiro atoms. The Morgan fingerprint density at radius 1 is 1.08 bits per heavy atom. The van der Waals surface area contributed by atoms with Crippen molar-refractivity contribution in [1.82, 2.24) is 19.9 Å². The number of methoxy groups -OCH3 is 1. The predicted octanol–water partition coefficient (Wildman–Crippen LogP) is 4.60. The van der Waals surface area contributed by atoms with Crippen LogP contribution in [0.5, 0.6) is 0 Å². The van der Waals surface area contributed by atoms with Gasteiger partial charge >= 0.3 is 0 Å². The average molecular weight is 395 g/mol. The lowest BCUT2D eigenvalue weighted by Crippen LogP contribution is -1.92. The van der Waals surface area contributed by atoms with Crippen molar-refractivity contribution < 1.29 is 4.74 Å². The van der Waals surface area contributed by atoms with Gasteiger partial charge in [0.2, 0.25) is 0 Å². The van der Waals surface area contributed by atoms with E-state index in [2.05, 4.69) is 36.9 Å². The fraction of sp³-hybridized carbons (Fsp3) is 0.105. The van der Waals surface area contributed by atoms with Gasteiger partial charge in [-0.1, -0.05) is 18.2 Å². The van der Waals surface area contributed by atoms with Crippen LogP contribution < -0.4 is 0 Å². The first kappa shape index (κ1) is 15.9. The maximum Gasteiger partial charge on any atom is 0.0977 e. The van der Waals surface area contributed by atoms with Crippen LogP contribution in [-0.2, 0) is 11.3 Å². The van der Waals surface area contributed by atoms with E-state index in [1.54, 1.807) is 19.6 Å². The number of hydrogen-bond acceptors (Lipinski definition) is 4. The molecule has 0 saturated heterocycles. The van der Waals surface area contributed by atoms with Gasteiger partial charge in [0.25, 0.3) is 0 Å². The summed E-state index contributed by atoms with van der Waals surface area (Å²) < 4.78 is 6.13. The summed E-state index contributed by atoms with van der Waals surface area (Å²) in [6, 6.07) is 14.1. The zero-order valence-corrected chi connectivity index (χ0v) is 15.1. The number of benzene rings is 1. The lowest BCUT2D eigenvalue weighted by atomic mass is 10.1. The Hall–Kier alpha value is -2.57. The van der Waals surface area contributed by atoms with E-state index in [1.165, 1.54) is 0 Å². The normalized spacial score (nSPS) is 11.1. The number of nitrogens with zero attached hydrogens (tertiary/aromatic N) is 3. The highest BCUT2D eigenvalue weighted by Crippen LogP contribution is 2.29. The molecule has 0 aliphatic carbocycles. The van der Waals surface area contributed by atoms with Crippen LogP contribution in [0.2, 0.25) is 0 Å². The third kappa shape index (κ3) is 3.18. The zero-order valence-electron chi connectivity index (χ0n) is 13.5. The first-order valence-corrected chi connectivity index (χ1v) is 8.58.